The van der Waals surface area contributed by atoms with E-state index in [2.05, 4.69) is 35.9 Å². The number of hydrogen-bond acceptors (Lipinski definition) is 5. The second-order valence-corrected chi connectivity index (χ2v) is 9.16. The summed E-state index contributed by atoms with van der Waals surface area (Å²) in [7, 11) is 4.01. The lowest BCUT2D eigenvalue weighted by atomic mass is 10.0. The molecule has 0 aliphatic rings. The number of benzene rings is 2. The zero-order valence-corrected chi connectivity index (χ0v) is 19.5. The molecule has 0 radical (unpaired) electrons. The molecule has 0 aliphatic heterocycles. The van der Waals surface area contributed by atoms with Gasteiger partial charge >= 0.3 is 0 Å². The van der Waals surface area contributed by atoms with Gasteiger partial charge in [0.15, 0.2) is 16.8 Å². The Bertz CT molecular complexity index is 997. The fourth-order valence-corrected chi connectivity index (χ4v) is 3.96. The Morgan fingerprint density at radius 1 is 1.03 bits per heavy atom. The highest BCUT2D eigenvalue weighted by Crippen LogP contribution is 2.28. The van der Waals surface area contributed by atoms with Gasteiger partial charge < -0.3 is 0 Å². The first-order chi connectivity index (χ1) is 14.3. The maximum atomic E-state index is 12.7. The van der Waals surface area contributed by atoms with E-state index in [9.17, 15) is 4.79 Å². The topological polar surface area (TPSA) is 51.0 Å². The molecular weight excluding hydrogens is 416 g/mol. The van der Waals surface area contributed by atoms with E-state index in [4.69, 9.17) is 11.6 Å². The fraction of sp³-hybridized carbons (Fsp3) is 0.348. The van der Waals surface area contributed by atoms with Crippen molar-refractivity contribution in [3.63, 3.8) is 0 Å². The predicted molar refractivity (Wildman–Crippen MR) is 124 cm³/mol. The van der Waals surface area contributed by atoms with Crippen LogP contribution in [0.25, 0.3) is 5.69 Å². The van der Waals surface area contributed by atoms with E-state index >= 15 is 0 Å². The number of hydrogen-bond donors (Lipinski definition) is 0. The van der Waals surface area contributed by atoms with Crippen LogP contribution in [0.4, 0.5) is 0 Å². The second-order valence-electron chi connectivity index (χ2n) is 7.78. The van der Waals surface area contributed by atoms with Crippen molar-refractivity contribution < 1.29 is 4.79 Å². The first-order valence-electron chi connectivity index (χ1n) is 9.91. The summed E-state index contributed by atoms with van der Waals surface area (Å²) in [6, 6.07) is 15.5. The van der Waals surface area contributed by atoms with Crippen molar-refractivity contribution in [1.82, 2.24) is 19.7 Å². The Morgan fingerprint density at radius 2 is 1.67 bits per heavy atom. The molecule has 7 heteroatoms. The molecule has 1 atom stereocenters. The summed E-state index contributed by atoms with van der Waals surface area (Å²) in [5.74, 6) is 1.63. The van der Waals surface area contributed by atoms with Crippen molar-refractivity contribution >= 4 is 29.1 Å². The molecule has 3 aromatic rings. The van der Waals surface area contributed by atoms with Crippen molar-refractivity contribution in [2.75, 3.05) is 19.8 Å². The molecule has 0 bridgehead atoms. The minimum atomic E-state index is 0.0572. The van der Waals surface area contributed by atoms with Crippen molar-refractivity contribution in [3.8, 4) is 5.69 Å². The van der Waals surface area contributed by atoms with Gasteiger partial charge in [0.05, 0.1) is 11.8 Å². The molecule has 1 aromatic heterocycles. The Balaban J connectivity index is 1.84. The monoisotopic (exact) mass is 442 g/mol. The van der Waals surface area contributed by atoms with E-state index in [0.717, 1.165) is 11.5 Å². The molecule has 0 saturated heterocycles. The molecule has 0 spiro atoms. The standard InChI is InChI=1S/C23H27ClN4OS/c1-15(2)17-6-8-18(9-7-17)21(29)14-30-23-26-25-22(16(3)27(4)5)28(23)20-12-10-19(24)11-13-20/h6-13,15-16H,14H2,1-5H3. The molecule has 5 nitrogen and oxygen atoms in total. The molecule has 2 aromatic carbocycles. The SMILES string of the molecule is CC(C)c1ccc(C(=O)CSc2nnc(C(C)N(C)C)n2-c2ccc(Cl)cc2)cc1. The van der Waals surface area contributed by atoms with E-state index in [1.54, 1.807) is 0 Å². The lowest BCUT2D eigenvalue weighted by molar-refractivity contribution is 0.102. The first kappa shape index (κ1) is 22.5. The van der Waals surface area contributed by atoms with Crippen LogP contribution < -0.4 is 0 Å². The number of carbonyl (C=O) groups is 1. The second kappa shape index (κ2) is 9.77. The summed E-state index contributed by atoms with van der Waals surface area (Å²) in [5.41, 5.74) is 2.86. The van der Waals surface area contributed by atoms with Gasteiger partial charge in [-0.3, -0.25) is 14.3 Å². The Morgan fingerprint density at radius 3 is 2.23 bits per heavy atom. The average molecular weight is 443 g/mol. The van der Waals surface area contributed by atoms with Crippen molar-refractivity contribution in [2.45, 2.75) is 37.9 Å². The van der Waals surface area contributed by atoms with Gasteiger partial charge in [-0.05, 0) is 56.8 Å². The van der Waals surface area contributed by atoms with Crippen LogP contribution in [0.3, 0.4) is 0 Å². The van der Waals surface area contributed by atoms with Crippen LogP contribution in [0.5, 0.6) is 0 Å². The molecule has 0 fully saturated rings. The van der Waals surface area contributed by atoms with E-state index < -0.39 is 0 Å². The lowest BCUT2D eigenvalue weighted by Crippen LogP contribution is -2.20. The number of thioether (sulfide) groups is 1. The maximum absolute atomic E-state index is 12.7. The Hall–Kier alpha value is -2.15. The number of carbonyl (C=O) groups excluding carboxylic acids is 1. The van der Waals surface area contributed by atoms with Crippen LogP contribution in [-0.2, 0) is 0 Å². The van der Waals surface area contributed by atoms with E-state index in [-0.39, 0.29) is 11.8 Å². The van der Waals surface area contributed by atoms with Gasteiger partial charge in [-0.1, -0.05) is 61.5 Å². The molecule has 0 N–H and O–H groups in total. The van der Waals surface area contributed by atoms with Gasteiger partial charge in [0, 0.05) is 16.3 Å². The highest BCUT2D eigenvalue weighted by molar-refractivity contribution is 7.99. The van der Waals surface area contributed by atoms with Crippen LogP contribution in [-0.4, -0.2) is 45.3 Å². The van der Waals surface area contributed by atoms with Crippen LogP contribution in [0.15, 0.2) is 53.7 Å². The Labute approximate surface area is 187 Å². The van der Waals surface area contributed by atoms with Crippen molar-refractivity contribution in [2.24, 2.45) is 0 Å². The molecule has 0 saturated carbocycles. The van der Waals surface area contributed by atoms with Crippen LogP contribution >= 0.6 is 23.4 Å². The molecule has 158 valence electrons. The highest BCUT2D eigenvalue weighted by atomic mass is 35.5. The average Bonchev–Trinajstić information content (AvgIpc) is 3.15. The van der Waals surface area contributed by atoms with Gasteiger partial charge in [0.1, 0.15) is 0 Å². The number of rotatable bonds is 8. The number of nitrogens with zero attached hydrogens (tertiary/aromatic N) is 4. The quantitative estimate of drug-likeness (QED) is 0.333. The van der Waals surface area contributed by atoms with Crippen LogP contribution in [0.2, 0.25) is 5.02 Å². The number of ketones is 1. The molecule has 1 heterocycles. The molecule has 30 heavy (non-hydrogen) atoms. The number of halogens is 1. The third-order valence-corrected chi connectivity index (χ3v) is 6.30. The number of aromatic nitrogens is 3. The normalized spacial score (nSPS) is 12.5. The molecule has 0 aliphatic carbocycles. The van der Waals surface area contributed by atoms with E-state index in [1.807, 2.05) is 67.2 Å². The molecule has 3 rings (SSSR count). The van der Waals surface area contributed by atoms with Gasteiger partial charge in [-0.2, -0.15) is 0 Å². The van der Waals surface area contributed by atoms with Crippen LogP contribution in [0.1, 0.15) is 54.5 Å². The summed E-state index contributed by atoms with van der Waals surface area (Å²) in [5, 5.41) is 10.2. The number of Topliss-reactive ketones (excluding diaryl/α,β-unsaturated/α-hetero) is 1. The first-order valence-corrected chi connectivity index (χ1v) is 11.3. The molecule has 0 amide bonds. The van der Waals surface area contributed by atoms with Gasteiger partial charge in [-0.15, -0.1) is 10.2 Å². The van der Waals surface area contributed by atoms with E-state index in [1.165, 1.54) is 17.3 Å². The lowest BCUT2D eigenvalue weighted by Gasteiger charge is -2.20. The molecule has 1 unspecified atom stereocenters. The maximum Gasteiger partial charge on any atom is 0.196 e. The van der Waals surface area contributed by atoms with Gasteiger partial charge in [0.2, 0.25) is 0 Å². The Kier molecular flexibility index (Phi) is 7.34. The van der Waals surface area contributed by atoms with Gasteiger partial charge in [-0.25, -0.2) is 0 Å². The predicted octanol–water partition coefficient (Wildman–Crippen LogP) is 5.64. The van der Waals surface area contributed by atoms with Crippen molar-refractivity contribution in [1.29, 1.82) is 0 Å². The molecular formula is C23H27ClN4OS. The van der Waals surface area contributed by atoms with Crippen molar-refractivity contribution in [3.05, 3.63) is 70.5 Å². The minimum Gasteiger partial charge on any atom is -0.300 e. The zero-order valence-electron chi connectivity index (χ0n) is 18.0. The van der Waals surface area contributed by atoms with Crippen LogP contribution in [0, 0.1) is 0 Å². The summed E-state index contributed by atoms with van der Waals surface area (Å²) < 4.78 is 2.00. The summed E-state index contributed by atoms with van der Waals surface area (Å²) in [6.45, 7) is 6.36. The third-order valence-electron chi connectivity index (χ3n) is 5.12. The highest BCUT2D eigenvalue weighted by Gasteiger charge is 2.21. The third kappa shape index (κ3) is 5.12. The zero-order chi connectivity index (χ0) is 21.8. The fourth-order valence-electron chi connectivity index (χ4n) is 2.98. The summed E-state index contributed by atoms with van der Waals surface area (Å²) in [6.07, 6.45) is 0. The largest absolute Gasteiger partial charge is 0.300 e. The summed E-state index contributed by atoms with van der Waals surface area (Å²) >= 11 is 7.47. The minimum absolute atomic E-state index is 0.0572. The summed E-state index contributed by atoms with van der Waals surface area (Å²) in [4.78, 5) is 14.8. The van der Waals surface area contributed by atoms with E-state index in [0.29, 0.717) is 27.4 Å². The van der Waals surface area contributed by atoms with Gasteiger partial charge in [0.25, 0.3) is 0 Å². The smallest absolute Gasteiger partial charge is 0.196 e.